The molecular weight excluding hydrogens is 420 g/mol. The summed E-state index contributed by atoms with van der Waals surface area (Å²) in [7, 11) is 1.66. The van der Waals surface area contributed by atoms with Crippen molar-refractivity contribution in [1.82, 2.24) is 4.57 Å². The fourth-order valence-corrected chi connectivity index (χ4v) is 4.38. The number of primary amides is 1. The second kappa shape index (κ2) is 8.06. The summed E-state index contributed by atoms with van der Waals surface area (Å²) in [6.45, 7) is 0.649. The van der Waals surface area contributed by atoms with E-state index in [0.717, 1.165) is 44.2 Å². The maximum atomic E-state index is 12.2. The van der Waals surface area contributed by atoms with Gasteiger partial charge >= 0.3 is 0 Å². The molecule has 0 unspecified atom stereocenters. The molecule has 0 aliphatic heterocycles. The number of nitrogens with zero attached hydrogens (tertiary/aromatic N) is 1. The number of ether oxygens (including phenoxy) is 1. The molecule has 0 saturated heterocycles. The van der Waals surface area contributed by atoms with Crippen LogP contribution in [0, 0.1) is 0 Å². The van der Waals surface area contributed by atoms with Gasteiger partial charge in [-0.2, -0.15) is 0 Å². The van der Waals surface area contributed by atoms with Crippen LogP contribution in [0.4, 0.5) is 0 Å². The van der Waals surface area contributed by atoms with Crippen LogP contribution in [0.1, 0.15) is 15.9 Å². The van der Waals surface area contributed by atoms with Gasteiger partial charge in [0.05, 0.1) is 18.1 Å². The van der Waals surface area contributed by atoms with Gasteiger partial charge in [0.1, 0.15) is 5.75 Å². The first-order chi connectivity index (χ1) is 15.5. The van der Waals surface area contributed by atoms with Crippen molar-refractivity contribution in [3.63, 3.8) is 0 Å². The van der Waals surface area contributed by atoms with E-state index in [0.29, 0.717) is 17.1 Å². The minimum atomic E-state index is -0.430. The summed E-state index contributed by atoms with van der Waals surface area (Å²) in [5.41, 5.74) is 11.5. The molecule has 158 valence electrons. The van der Waals surface area contributed by atoms with Crippen LogP contribution in [0.25, 0.3) is 32.9 Å². The third-order valence-electron chi connectivity index (χ3n) is 5.83. The summed E-state index contributed by atoms with van der Waals surface area (Å²) < 4.78 is 7.53. The van der Waals surface area contributed by atoms with E-state index in [2.05, 4.69) is 34.9 Å². The Morgan fingerprint density at radius 2 is 1.62 bits per heavy atom. The van der Waals surface area contributed by atoms with E-state index in [1.54, 1.807) is 13.2 Å². The van der Waals surface area contributed by atoms with E-state index in [1.807, 2.05) is 48.5 Å². The van der Waals surface area contributed by atoms with Crippen LogP contribution >= 0.6 is 11.6 Å². The first-order valence-electron chi connectivity index (χ1n) is 10.3. The van der Waals surface area contributed by atoms with Crippen LogP contribution in [-0.2, 0) is 6.54 Å². The first-order valence-corrected chi connectivity index (χ1v) is 10.7. The number of nitrogens with two attached hydrogens (primary N) is 1. The van der Waals surface area contributed by atoms with Crippen molar-refractivity contribution in [2.45, 2.75) is 6.54 Å². The molecule has 4 aromatic carbocycles. The highest BCUT2D eigenvalue weighted by Crippen LogP contribution is 2.35. The molecule has 5 heteroatoms. The Morgan fingerprint density at radius 3 is 2.31 bits per heavy atom. The molecule has 0 saturated carbocycles. The molecule has 5 rings (SSSR count). The number of aromatic nitrogens is 1. The SMILES string of the molecule is COc1ccc(Cn2c3cc(-c4ccc(Cl)cc4)ccc3c3c(C(N)=O)cccc32)cc1. The van der Waals surface area contributed by atoms with Crippen LogP contribution in [0.5, 0.6) is 5.75 Å². The number of carbonyl (C=O) groups excluding carboxylic acids is 1. The van der Waals surface area contributed by atoms with Gasteiger partial charge < -0.3 is 15.0 Å². The topological polar surface area (TPSA) is 57.2 Å². The summed E-state index contributed by atoms with van der Waals surface area (Å²) in [4.78, 5) is 12.2. The van der Waals surface area contributed by atoms with Gasteiger partial charge in [0.15, 0.2) is 0 Å². The Balaban J connectivity index is 1.75. The molecule has 0 atom stereocenters. The van der Waals surface area contributed by atoms with Crippen LogP contribution in [-0.4, -0.2) is 17.6 Å². The fraction of sp³-hybridized carbons (Fsp3) is 0.0741. The number of hydrogen-bond donors (Lipinski definition) is 1. The molecule has 1 aromatic heterocycles. The van der Waals surface area contributed by atoms with Crippen molar-refractivity contribution < 1.29 is 9.53 Å². The highest BCUT2D eigenvalue weighted by atomic mass is 35.5. The molecule has 1 heterocycles. The average molecular weight is 441 g/mol. The minimum Gasteiger partial charge on any atom is -0.497 e. The number of benzene rings is 4. The van der Waals surface area contributed by atoms with E-state index < -0.39 is 5.91 Å². The Morgan fingerprint density at radius 1 is 0.906 bits per heavy atom. The number of rotatable bonds is 5. The quantitative estimate of drug-likeness (QED) is 0.350. The predicted molar refractivity (Wildman–Crippen MR) is 131 cm³/mol. The van der Waals surface area contributed by atoms with E-state index in [4.69, 9.17) is 22.1 Å². The van der Waals surface area contributed by atoms with Crippen molar-refractivity contribution in [2.75, 3.05) is 7.11 Å². The fourth-order valence-electron chi connectivity index (χ4n) is 4.26. The van der Waals surface area contributed by atoms with E-state index in [9.17, 15) is 4.79 Å². The van der Waals surface area contributed by atoms with E-state index in [-0.39, 0.29) is 0 Å². The Bertz CT molecular complexity index is 1450. The molecule has 0 aliphatic rings. The molecule has 2 N–H and O–H groups in total. The maximum Gasteiger partial charge on any atom is 0.249 e. The van der Waals surface area contributed by atoms with Crippen LogP contribution in [0.2, 0.25) is 5.02 Å². The van der Waals surface area contributed by atoms with Gasteiger partial charge in [-0.25, -0.2) is 0 Å². The summed E-state index contributed by atoms with van der Waals surface area (Å²) in [5, 5.41) is 2.58. The van der Waals surface area contributed by atoms with Crippen molar-refractivity contribution in [3.8, 4) is 16.9 Å². The van der Waals surface area contributed by atoms with Crippen LogP contribution in [0.15, 0.2) is 84.9 Å². The average Bonchev–Trinajstić information content (AvgIpc) is 3.13. The summed E-state index contributed by atoms with van der Waals surface area (Å²) >= 11 is 6.07. The zero-order valence-corrected chi connectivity index (χ0v) is 18.3. The Labute approximate surface area is 190 Å². The lowest BCUT2D eigenvalue weighted by Gasteiger charge is -2.10. The highest BCUT2D eigenvalue weighted by Gasteiger charge is 2.17. The lowest BCUT2D eigenvalue weighted by atomic mass is 10.0. The first kappa shape index (κ1) is 20.2. The number of amides is 1. The Kier molecular flexibility index (Phi) is 5.08. The highest BCUT2D eigenvalue weighted by molar-refractivity contribution is 6.30. The van der Waals surface area contributed by atoms with Crippen molar-refractivity contribution in [2.24, 2.45) is 5.73 Å². The van der Waals surface area contributed by atoms with Gasteiger partial charge in [0, 0.05) is 27.9 Å². The third kappa shape index (κ3) is 3.49. The van der Waals surface area contributed by atoms with Crippen LogP contribution < -0.4 is 10.5 Å². The smallest absolute Gasteiger partial charge is 0.249 e. The zero-order chi connectivity index (χ0) is 22.2. The minimum absolute atomic E-state index is 0.430. The second-order valence-electron chi connectivity index (χ2n) is 7.74. The maximum absolute atomic E-state index is 12.2. The van der Waals surface area contributed by atoms with Crippen molar-refractivity contribution >= 4 is 39.3 Å². The molecule has 0 bridgehead atoms. The molecule has 0 spiro atoms. The number of carbonyl (C=O) groups is 1. The van der Waals surface area contributed by atoms with Gasteiger partial charge in [0.2, 0.25) is 5.91 Å². The number of halogens is 1. The molecule has 1 amide bonds. The molecule has 0 aliphatic carbocycles. The second-order valence-corrected chi connectivity index (χ2v) is 8.17. The van der Waals surface area contributed by atoms with Crippen molar-refractivity contribution in [1.29, 1.82) is 0 Å². The number of hydrogen-bond acceptors (Lipinski definition) is 2. The summed E-state index contributed by atoms with van der Waals surface area (Å²) in [5.74, 6) is 0.387. The lowest BCUT2D eigenvalue weighted by molar-refractivity contribution is 0.100. The van der Waals surface area contributed by atoms with Gasteiger partial charge in [-0.05, 0) is 59.2 Å². The number of methoxy groups -OCH3 is 1. The summed E-state index contributed by atoms with van der Waals surface area (Å²) in [6, 6.07) is 27.8. The molecule has 0 radical (unpaired) electrons. The molecular formula is C27H21ClN2O2. The third-order valence-corrected chi connectivity index (χ3v) is 6.09. The number of fused-ring (bicyclic) bond motifs is 3. The standard InChI is InChI=1S/C27H21ClN2O2/c1-32-21-12-5-17(6-13-21)16-30-24-4-2-3-23(27(29)31)26(24)22-14-9-19(15-25(22)30)18-7-10-20(28)11-8-18/h2-15H,16H2,1H3,(H2,29,31). The molecule has 0 fully saturated rings. The van der Waals surface area contributed by atoms with Gasteiger partial charge in [-0.1, -0.05) is 54.1 Å². The van der Waals surface area contributed by atoms with E-state index in [1.165, 1.54) is 0 Å². The lowest BCUT2D eigenvalue weighted by Crippen LogP contribution is -2.11. The molecule has 5 aromatic rings. The summed E-state index contributed by atoms with van der Waals surface area (Å²) in [6.07, 6.45) is 0. The largest absolute Gasteiger partial charge is 0.497 e. The van der Waals surface area contributed by atoms with Gasteiger partial charge in [-0.15, -0.1) is 0 Å². The van der Waals surface area contributed by atoms with Gasteiger partial charge in [-0.3, -0.25) is 4.79 Å². The zero-order valence-electron chi connectivity index (χ0n) is 17.5. The molecule has 32 heavy (non-hydrogen) atoms. The normalized spacial score (nSPS) is 11.2. The Hall–Kier alpha value is -3.76. The molecule has 4 nitrogen and oxygen atoms in total. The predicted octanol–water partition coefficient (Wildman–Crippen LogP) is 6.27. The van der Waals surface area contributed by atoms with Gasteiger partial charge in [0.25, 0.3) is 0 Å². The van der Waals surface area contributed by atoms with Crippen molar-refractivity contribution in [3.05, 3.63) is 101 Å². The van der Waals surface area contributed by atoms with Crippen LogP contribution in [0.3, 0.4) is 0 Å². The monoisotopic (exact) mass is 440 g/mol. The van der Waals surface area contributed by atoms with E-state index >= 15 is 0 Å².